The van der Waals surface area contributed by atoms with Gasteiger partial charge < -0.3 is 23.1 Å². The Hall–Kier alpha value is 0.0169. The summed E-state index contributed by atoms with van der Waals surface area (Å²) in [5.74, 6) is 0. The minimum absolute atomic E-state index is 0.190. The maximum Gasteiger partial charge on any atom is 0.500 e. The fraction of sp³-hybridized carbons (Fsp3) is 1.00. The van der Waals surface area contributed by atoms with E-state index in [1.807, 2.05) is 0 Å². The van der Waals surface area contributed by atoms with Gasteiger partial charge in [-0.2, -0.15) is 0 Å². The summed E-state index contributed by atoms with van der Waals surface area (Å²) in [5.41, 5.74) is 0. The van der Waals surface area contributed by atoms with Crippen LogP contribution in [-0.2, 0) is 18.0 Å². The van der Waals surface area contributed by atoms with E-state index in [0.29, 0.717) is 0 Å². The lowest BCUT2D eigenvalue weighted by molar-refractivity contribution is 0.122. The molecular formula is C12H28O5Si. The van der Waals surface area contributed by atoms with Gasteiger partial charge in [0.05, 0.1) is 13.2 Å². The molecule has 0 radical (unpaired) electrons. The zero-order valence-corrected chi connectivity index (χ0v) is 13.1. The van der Waals surface area contributed by atoms with Gasteiger partial charge in [0, 0.05) is 27.4 Å². The minimum Gasteiger partial charge on any atom is -0.394 e. The summed E-state index contributed by atoms with van der Waals surface area (Å²) in [5, 5.41) is 8.08. The first-order valence-electron chi connectivity index (χ1n) is 6.55. The third-order valence-corrected chi connectivity index (χ3v) is 5.71. The summed E-state index contributed by atoms with van der Waals surface area (Å²) in [4.78, 5) is 0. The Balaban J connectivity index is 0.000000473. The average Bonchev–Trinajstić information content (AvgIpc) is 3.25. The highest BCUT2D eigenvalue weighted by Gasteiger charge is 2.36. The Kier molecular flexibility index (Phi) is 10.9. The molecule has 0 bridgehead atoms. The van der Waals surface area contributed by atoms with Gasteiger partial charge in [-0.1, -0.05) is 26.2 Å². The number of rotatable bonds is 9. The van der Waals surface area contributed by atoms with Gasteiger partial charge in [0.25, 0.3) is 0 Å². The van der Waals surface area contributed by atoms with Crippen molar-refractivity contribution in [1.29, 1.82) is 0 Å². The van der Waals surface area contributed by atoms with Crippen molar-refractivity contribution in [2.75, 3.05) is 34.5 Å². The van der Waals surface area contributed by atoms with Gasteiger partial charge in [0.2, 0.25) is 0 Å². The van der Waals surface area contributed by atoms with Crippen molar-refractivity contribution >= 4 is 8.80 Å². The standard InChI is InChI=1S/C9H22O3Si.C3H6O2/c1-5-6-7-8-9-13(10-2,11-3)12-4;4-1-3-2-5-3/h5-9H2,1-4H3;3-4H,1-2H2. The van der Waals surface area contributed by atoms with Crippen LogP contribution in [0.5, 0.6) is 0 Å². The molecule has 1 aliphatic heterocycles. The molecular weight excluding hydrogens is 252 g/mol. The molecule has 1 N–H and O–H groups in total. The number of epoxide rings is 1. The van der Waals surface area contributed by atoms with Crippen LogP contribution >= 0.6 is 0 Å². The molecule has 0 saturated carbocycles. The van der Waals surface area contributed by atoms with E-state index in [2.05, 4.69) is 11.7 Å². The van der Waals surface area contributed by atoms with Crippen LogP contribution in [-0.4, -0.2) is 54.6 Å². The van der Waals surface area contributed by atoms with Crippen LogP contribution in [0.2, 0.25) is 6.04 Å². The zero-order valence-electron chi connectivity index (χ0n) is 12.1. The average molecular weight is 280 g/mol. The Bertz CT molecular complexity index is 175. The summed E-state index contributed by atoms with van der Waals surface area (Å²) in [6.45, 7) is 3.16. The van der Waals surface area contributed by atoms with Gasteiger partial charge in [-0.3, -0.25) is 0 Å². The van der Waals surface area contributed by atoms with Crippen molar-refractivity contribution in [3.63, 3.8) is 0 Å². The van der Waals surface area contributed by atoms with Crippen LogP contribution < -0.4 is 0 Å². The Morgan fingerprint density at radius 3 is 1.94 bits per heavy atom. The molecule has 1 fully saturated rings. The van der Waals surface area contributed by atoms with E-state index >= 15 is 0 Å². The lowest BCUT2D eigenvalue weighted by Gasteiger charge is -2.24. The number of aliphatic hydroxyl groups is 1. The summed E-state index contributed by atoms with van der Waals surface area (Å²) in [7, 11) is 2.73. The molecule has 0 aromatic heterocycles. The molecule has 1 aliphatic rings. The molecule has 1 saturated heterocycles. The van der Waals surface area contributed by atoms with Crippen molar-refractivity contribution in [2.24, 2.45) is 0 Å². The van der Waals surface area contributed by atoms with E-state index in [-0.39, 0.29) is 12.7 Å². The highest BCUT2D eigenvalue weighted by molar-refractivity contribution is 6.60. The maximum atomic E-state index is 8.08. The van der Waals surface area contributed by atoms with E-state index in [1.165, 1.54) is 19.3 Å². The van der Waals surface area contributed by atoms with E-state index in [9.17, 15) is 0 Å². The van der Waals surface area contributed by atoms with Crippen LogP contribution in [0, 0.1) is 0 Å². The molecule has 1 atom stereocenters. The minimum atomic E-state index is -2.27. The van der Waals surface area contributed by atoms with Crippen LogP contribution in [0.4, 0.5) is 0 Å². The molecule has 6 heteroatoms. The molecule has 1 rings (SSSR count). The fourth-order valence-electron chi connectivity index (χ4n) is 1.50. The highest BCUT2D eigenvalue weighted by Crippen LogP contribution is 2.17. The maximum absolute atomic E-state index is 8.08. The van der Waals surface area contributed by atoms with Gasteiger partial charge in [-0.25, -0.2) is 0 Å². The number of ether oxygens (including phenoxy) is 1. The molecule has 0 spiro atoms. The molecule has 0 amide bonds. The number of unbranched alkanes of at least 4 members (excludes halogenated alkanes) is 3. The summed E-state index contributed by atoms with van der Waals surface area (Å²) in [6.07, 6.45) is 5.09. The number of hydrogen-bond acceptors (Lipinski definition) is 5. The molecule has 5 nitrogen and oxygen atoms in total. The molecule has 1 unspecified atom stereocenters. The lowest BCUT2D eigenvalue weighted by Crippen LogP contribution is -2.42. The highest BCUT2D eigenvalue weighted by atomic mass is 28.4. The second-order valence-corrected chi connectivity index (χ2v) is 7.33. The van der Waals surface area contributed by atoms with Crippen LogP contribution in [0.1, 0.15) is 32.6 Å². The Morgan fingerprint density at radius 2 is 1.67 bits per heavy atom. The van der Waals surface area contributed by atoms with E-state index in [1.54, 1.807) is 21.3 Å². The van der Waals surface area contributed by atoms with Gasteiger partial charge in [0.1, 0.15) is 6.10 Å². The molecule has 0 aromatic carbocycles. The summed E-state index contributed by atoms with van der Waals surface area (Å²) in [6, 6.07) is 0.927. The first-order chi connectivity index (χ1) is 8.67. The quantitative estimate of drug-likeness (QED) is 0.396. The molecule has 18 heavy (non-hydrogen) atoms. The monoisotopic (exact) mass is 280 g/mol. The van der Waals surface area contributed by atoms with Crippen LogP contribution in [0.3, 0.4) is 0 Å². The Labute approximate surface area is 112 Å². The Morgan fingerprint density at radius 1 is 1.11 bits per heavy atom. The molecule has 0 aromatic rings. The second-order valence-electron chi connectivity index (χ2n) is 4.24. The molecule has 1 heterocycles. The zero-order chi connectivity index (χ0) is 13.9. The predicted molar refractivity (Wildman–Crippen MR) is 72.6 cm³/mol. The third-order valence-electron chi connectivity index (χ3n) is 2.88. The van der Waals surface area contributed by atoms with E-state index < -0.39 is 8.80 Å². The summed E-state index contributed by atoms with van der Waals surface area (Å²) >= 11 is 0. The van der Waals surface area contributed by atoms with Gasteiger partial charge in [-0.15, -0.1) is 0 Å². The van der Waals surface area contributed by atoms with Gasteiger partial charge in [-0.05, 0) is 6.42 Å². The lowest BCUT2D eigenvalue weighted by atomic mass is 10.2. The number of hydrogen-bond donors (Lipinski definition) is 1. The third kappa shape index (κ3) is 8.18. The van der Waals surface area contributed by atoms with Gasteiger partial charge >= 0.3 is 8.80 Å². The van der Waals surface area contributed by atoms with E-state index in [4.69, 9.17) is 18.4 Å². The van der Waals surface area contributed by atoms with Crippen LogP contribution in [0.15, 0.2) is 0 Å². The summed E-state index contributed by atoms with van der Waals surface area (Å²) < 4.78 is 20.5. The fourth-order valence-corrected chi connectivity index (χ4v) is 3.29. The van der Waals surface area contributed by atoms with Crippen molar-refractivity contribution < 1.29 is 23.1 Å². The van der Waals surface area contributed by atoms with Crippen molar-refractivity contribution in [2.45, 2.75) is 44.8 Å². The second kappa shape index (κ2) is 10.9. The molecule has 110 valence electrons. The SMILES string of the molecule is CCCCCC[Si](OC)(OC)OC.OCC1CO1. The van der Waals surface area contributed by atoms with Crippen molar-refractivity contribution in [1.82, 2.24) is 0 Å². The van der Waals surface area contributed by atoms with Crippen LogP contribution in [0.25, 0.3) is 0 Å². The topological polar surface area (TPSA) is 60.5 Å². The first kappa shape index (κ1) is 18.0. The predicted octanol–water partition coefficient (Wildman–Crippen LogP) is 1.82. The van der Waals surface area contributed by atoms with E-state index in [0.717, 1.165) is 19.1 Å². The molecule has 0 aliphatic carbocycles. The smallest absolute Gasteiger partial charge is 0.394 e. The first-order valence-corrected chi connectivity index (χ1v) is 8.49. The largest absolute Gasteiger partial charge is 0.500 e. The van der Waals surface area contributed by atoms with Crippen molar-refractivity contribution in [3.8, 4) is 0 Å². The number of aliphatic hydroxyl groups excluding tert-OH is 1. The van der Waals surface area contributed by atoms with Gasteiger partial charge in [0.15, 0.2) is 0 Å². The normalized spacial score (nSPS) is 18.2. The van der Waals surface area contributed by atoms with Crippen molar-refractivity contribution in [3.05, 3.63) is 0 Å².